The van der Waals surface area contributed by atoms with Crippen molar-refractivity contribution in [2.45, 2.75) is 6.42 Å². The third-order valence-electron chi connectivity index (χ3n) is 7.79. The van der Waals surface area contributed by atoms with Gasteiger partial charge in [-0.25, -0.2) is 0 Å². The SMILES string of the molecule is O=C(Nc1ccc(O)c(Cl)c1)[C@@H]1CCN(CC(=O)N2CCN(c3ccc(-c4cc5ccccc5o4)cc3)CC2)C1. The van der Waals surface area contributed by atoms with Crippen molar-refractivity contribution in [3.05, 3.63) is 77.8 Å². The first-order valence-electron chi connectivity index (χ1n) is 13.6. The molecular formula is C31H31ClN4O4. The number of phenolic OH excluding ortho intramolecular Hbond substituents is 1. The number of para-hydroxylation sites is 1. The molecule has 2 fully saturated rings. The van der Waals surface area contributed by atoms with Crippen LogP contribution >= 0.6 is 11.6 Å². The molecular weight excluding hydrogens is 528 g/mol. The number of nitrogens with zero attached hydrogens (tertiary/aromatic N) is 3. The highest BCUT2D eigenvalue weighted by Crippen LogP contribution is 2.30. The van der Waals surface area contributed by atoms with Gasteiger partial charge in [-0.1, -0.05) is 29.8 Å². The van der Waals surface area contributed by atoms with Crippen molar-refractivity contribution in [3.63, 3.8) is 0 Å². The molecule has 1 atom stereocenters. The summed E-state index contributed by atoms with van der Waals surface area (Å²) in [7, 11) is 0. The molecule has 3 aromatic carbocycles. The van der Waals surface area contributed by atoms with Gasteiger partial charge in [-0.3, -0.25) is 14.5 Å². The molecule has 4 aromatic rings. The minimum absolute atomic E-state index is 0.0251. The molecule has 2 aliphatic rings. The number of hydrogen-bond acceptors (Lipinski definition) is 6. The zero-order valence-corrected chi connectivity index (χ0v) is 22.8. The van der Waals surface area contributed by atoms with E-state index in [1.165, 1.54) is 12.1 Å². The van der Waals surface area contributed by atoms with Gasteiger partial charge in [-0.05, 0) is 67.6 Å². The maximum absolute atomic E-state index is 13.0. The minimum atomic E-state index is -0.195. The number of likely N-dealkylation sites (tertiary alicyclic amines) is 1. The van der Waals surface area contributed by atoms with Crippen LogP contribution in [-0.4, -0.2) is 72.5 Å². The Morgan fingerprint density at radius 1 is 0.950 bits per heavy atom. The van der Waals surface area contributed by atoms with Gasteiger partial charge in [0.2, 0.25) is 11.8 Å². The summed E-state index contributed by atoms with van der Waals surface area (Å²) in [5.74, 6) is 0.639. The number of hydrogen-bond donors (Lipinski definition) is 2. The Hall–Kier alpha value is -4.01. The molecule has 9 heteroatoms. The molecule has 0 bridgehead atoms. The molecule has 2 N–H and O–H groups in total. The average molecular weight is 559 g/mol. The van der Waals surface area contributed by atoms with Crippen molar-refractivity contribution >= 4 is 45.8 Å². The summed E-state index contributed by atoms with van der Waals surface area (Å²) < 4.78 is 5.99. The number of carbonyl (C=O) groups is 2. The number of benzene rings is 3. The lowest BCUT2D eigenvalue weighted by molar-refractivity contribution is -0.132. The number of piperazine rings is 1. The topological polar surface area (TPSA) is 89.3 Å². The zero-order chi connectivity index (χ0) is 27.6. The molecule has 0 aliphatic carbocycles. The number of phenols is 1. The van der Waals surface area contributed by atoms with Gasteiger partial charge in [0.15, 0.2) is 0 Å². The number of rotatable bonds is 6. The van der Waals surface area contributed by atoms with Crippen LogP contribution in [0.2, 0.25) is 5.02 Å². The van der Waals surface area contributed by atoms with Crippen LogP contribution in [0.15, 0.2) is 77.2 Å². The second-order valence-corrected chi connectivity index (χ2v) is 10.8. The van der Waals surface area contributed by atoms with Gasteiger partial charge in [-0.2, -0.15) is 0 Å². The summed E-state index contributed by atoms with van der Waals surface area (Å²) in [5.41, 5.74) is 3.60. The fraction of sp³-hybridized carbons (Fsp3) is 0.290. The fourth-order valence-electron chi connectivity index (χ4n) is 5.49. The third-order valence-corrected chi connectivity index (χ3v) is 8.09. The minimum Gasteiger partial charge on any atom is -0.506 e. The first-order chi connectivity index (χ1) is 19.4. The van der Waals surface area contributed by atoms with Gasteiger partial charge in [-0.15, -0.1) is 0 Å². The van der Waals surface area contributed by atoms with Crippen molar-refractivity contribution in [2.75, 3.05) is 56.0 Å². The van der Waals surface area contributed by atoms with Crippen molar-refractivity contribution in [2.24, 2.45) is 5.92 Å². The van der Waals surface area contributed by atoms with Gasteiger partial charge in [0.05, 0.1) is 17.5 Å². The number of furan rings is 1. The van der Waals surface area contributed by atoms with Gasteiger partial charge in [0, 0.05) is 55.0 Å². The third kappa shape index (κ3) is 5.64. The van der Waals surface area contributed by atoms with E-state index in [1.807, 2.05) is 29.2 Å². The second-order valence-electron chi connectivity index (χ2n) is 10.4. The molecule has 40 heavy (non-hydrogen) atoms. The molecule has 2 amide bonds. The molecule has 1 aromatic heterocycles. The molecule has 2 saturated heterocycles. The highest BCUT2D eigenvalue weighted by molar-refractivity contribution is 6.32. The van der Waals surface area contributed by atoms with Crippen molar-refractivity contribution in [1.82, 2.24) is 9.80 Å². The maximum atomic E-state index is 13.0. The number of halogens is 1. The van der Waals surface area contributed by atoms with Crippen LogP contribution in [-0.2, 0) is 9.59 Å². The summed E-state index contributed by atoms with van der Waals surface area (Å²) in [6.07, 6.45) is 0.697. The molecule has 0 spiro atoms. The maximum Gasteiger partial charge on any atom is 0.236 e. The molecule has 3 heterocycles. The predicted molar refractivity (Wildman–Crippen MR) is 157 cm³/mol. The molecule has 206 valence electrons. The number of aromatic hydroxyl groups is 1. The summed E-state index contributed by atoms with van der Waals surface area (Å²) >= 11 is 5.94. The Labute approximate surface area is 237 Å². The Balaban J connectivity index is 0.973. The summed E-state index contributed by atoms with van der Waals surface area (Å²) in [4.78, 5) is 32.0. The van der Waals surface area contributed by atoms with E-state index < -0.39 is 0 Å². The van der Waals surface area contributed by atoms with Gasteiger partial charge < -0.3 is 24.6 Å². The van der Waals surface area contributed by atoms with E-state index in [4.69, 9.17) is 16.0 Å². The van der Waals surface area contributed by atoms with Gasteiger partial charge in [0.1, 0.15) is 17.1 Å². The normalized spacial score (nSPS) is 17.9. The number of amides is 2. The van der Waals surface area contributed by atoms with Crippen LogP contribution < -0.4 is 10.2 Å². The van der Waals surface area contributed by atoms with Crippen LogP contribution in [0.1, 0.15) is 6.42 Å². The van der Waals surface area contributed by atoms with Crippen molar-refractivity contribution in [3.8, 4) is 17.1 Å². The standard InChI is InChI=1S/C31H31ClN4O4/c32-26-18-24(7-10-27(26)37)33-31(39)23-11-12-34(19-23)20-30(38)36-15-13-35(14-16-36)25-8-5-21(6-9-25)29-17-22-3-1-2-4-28(22)40-29/h1-10,17-18,23,37H,11-16,19-20H2,(H,33,39)/t23-/m1/s1. The smallest absolute Gasteiger partial charge is 0.236 e. The van der Waals surface area contributed by atoms with Crippen molar-refractivity contribution < 1.29 is 19.1 Å². The zero-order valence-electron chi connectivity index (χ0n) is 22.1. The van der Waals surface area contributed by atoms with E-state index in [0.717, 1.165) is 41.1 Å². The van der Waals surface area contributed by atoms with E-state index in [1.54, 1.807) is 6.07 Å². The van der Waals surface area contributed by atoms with E-state index in [9.17, 15) is 14.7 Å². The highest BCUT2D eigenvalue weighted by Gasteiger charge is 2.31. The lowest BCUT2D eigenvalue weighted by Crippen LogP contribution is -2.51. The number of fused-ring (bicyclic) bond motifs is 1. The Morgan fingerprint density at radius 3 is 2.48 bits per heavy atom. The van der Waals surface area contributed by atoms with Crippen molar-refractivity contribution in [1.29, 1.82) is 0 Å². The Bertz CT molecular complexity index is 1500. The van der Waals surface area contributed by atoms with Crippen LogP contribution in [0.5, 0.6) is 5.75 Å². The van der Waals surface area contributed by atoms with E-state index >= 15 is 0 Å². The van der Waals surface area contributed by atoms with Gasteiger partial charge >= 0.3 is 0 Å². The first kappa shape index (κ1) is 26.2. The summed E-state index contributed by atoms with van der Waals surface area (Å²) in [5, 5.41) is 13.7. The molecule has 0 saturated carbocycles. The first-order valence-corrected chi connectivity index (χ1v) is 13.9. The lowest BCUT2D eigenvalue weighted by atomic mass is 10.1. The average Bonchev–Trinajstić information content (AvgIpc) is 3.63. The number of anilines is 2. The highest BCUT2D eigenvalue weighted by atomic mass is 35.5. The molecule has 0 radical (unpaired) electrons. The van der Waals surface area contributed by atoms with Gasteiger partial charge in [0.25, 0.3) is 0 Å². The monoisotopic (exact) mass is 558 g/mol. The predicted octanol–water partition coefficient (Wildman–Crippen LogP) is 5.07. The number of nitrogens with one attached hydrogen (secondary N) is 1. The van der Waals surface area contributed by atoms with Crippen LogP contribution in [0.4, 0.5) is 11.4 Å². The van der Waals surface area contributed by atoms with Crippen LogP contribution in [0, 0.1) is 5.92 Å². The summed E-state index contributed by atoms with van der Waals surface area (Å²) in [6, 6.07) is 23.1. The Kier molecular flexibility index (Phi) is 7.36. The molecule has 0 unspecified atom stereocenters. The fourth-order valence-corrected chi connectivity index (χ4v) is 5.67. The molecule has 2 aliphatic heterocycles. The van der Waals surface area contributed by atoms with Crippen LogP contribution in [0.25, 0.3) is 22.3 Å². The number of carbonyl (C=O) groups excluding carboxylic acids is 2. The quantitative estimate of drug-likeness (QED) is 0.321. The lowest BCUT2D eigenvalue weighted by Gasteiger charge is -2.36. The van der Waals surface area contributed by atoms with Crippen LogP contribution in [0.3, 0.4) is 0 Å². The second kappa shape index (κ2) is 11.2. The van der Waals surface area contributed by atoms with E-state index in [-0.39, 0.29) is 28.5 Å². The van der Waals surface area contributed by atoms with E-state index in [0.29, 0.717) is 44.8 Å². The molecule has 8 nitrogen and oxygen atoms in total. The molecule has 6 rings (SSSR count). The van der Waals surface area contributed by atoms with E-state index in [2.05, 4.69) is 45.4 Å². The largest absolute Gasteiger partial charge is 0.506 e. The Morgan fingerprint density at radius 2 is 1.73 bits per heavy atom. The summed E-state index contributed by atoms with van der Waals surface area (Å²) in [6.45, 7) is 4.46.